The summed E-state index contributed by atoms with van der Waals surface area (Å²) in [5, 5.41) is 4.99. The Morgan fingerprint density at radius 3 is 2.48 bits per heavy atom. The highest BCUT2D eigenvalue weighted by atomic mass is 32.2. The van der Waals surface area contributed by atoms with Crippen LogP contribution in [0, 0.1) is 13.8 Å². The number of amides is 2. The van der Waals surface area contributed by atoms with Crippen molar-refractivity contribution in [2.75, 3.05) is 14.9 Å². The van der Waals surface area contributed by atoms with E-state index in [9.17, 15) is 18.0 Å². The highest BCUT2D eigenvalue weighted by Crippen LogP contribution is 2.28. The van der Waals surface area contributed by atoms with Crippen LogP contribution < -0.4 is 14.9 Å². The Hall–Kier alpha value is -3.24. The lowest BCUT2D eigenvalue weighted by Crippen LogP contribution is -2.35. The van der Waals surface area contributed by atoms with Gasteiger partial charge < -0.3 is 5.32 Å². The van der Waals surface area contributed by atoms with E-state index in [2.05, 4.69) is 15.0 Å². The number of aromatic nitrogens is 1. The van der Waals surface area contributed by atoms with Crippen LogP contribution in [-0.4, -0.2) is 31.3 Å². The molecule has 0 bridgehead atoms. The Morgan fingerprint density at radius 2 is 1.84 bits per heavy atom. The molecule has 1 fully saturated rings. The van der Waals surface area contributed by atoms with Crippen molar-refractivity contribution in [3.05, 3.63) is 65.2 Å². The van der Waals surface area contributed by atoms with Crippen molar-refractivity contribution in [2.24, 2.45) is 0 Å². The van der Waals surface area contributed by atoms with E-state index in [1.54, 1.807) is 23.6 Å². The van der Waals surface area contributed by atoms with Gasteiger partial charge >= 0.3 is 0 Å². The zero-order valence-electron chi connectivity index (χ0n) is 16.8. The molecule has 1 aliphatic rings. The second-order valence-corrected chi connectivity index (χ2v) is 9.80. The summed E-state index contributed by atoms with van der Waals surface area (Å²) < 4.78 is 27.3. The van der Waals surface area contributed by atoms with Gasteiger partial charge in [-0.3, -0.25) is 14.3 Å². The summed E-state index contributed by atoms with van der Waals surface area (Å²) in [6, 6.07) is 10.8. The summed E-state index contributed by atoms with van der Waals surface area (Å²) in [6.45, 7) is 3.81. The van der Waals surface area contributed by atoms with Crippen LogP contribution in [0.3, 0.4) is 0 Å². The van der Waals surface area contributed by atoms with E-state index in [1.165, 1.54) is 34.6 Å². The third-order valence-corrected chi connectivity index (χ3v) is 7.07. The van der Waals surface area contributed by atoms with Gasteiger partial charge in [-0.15, -0.1) is 11.3 Å². The van der Waals surface area contributed by atoms with E-state index >= 15 is 0 Å². The molecular weight excluding hydrogens is 436 g/mol. The van der Waals surface area contributed by atoms with Crippen LogP contribution in [0.1, 0.15) is 17.5 Å². The first-order valence-electron chi connectivity index (χ1n) is 9.47. The summed E-state index contributed by atoms with van der Waals surface area (Å²) in [5.41, 5.74) is 3.03. The second kappa shape index (κ2) is 8.12. The largest absolute Gasteiger partial charge is 0.373 e. The number of nitrogens with zero attached hydrogens (tertiary/aromatic N) is 2. The number of carbonyl (C=O) groups is 2. The molecule has 0 aliphatic carbocycles. The molecule has 0 saturated carbocycles. The first kappa shape index (κ1) is 21.0. The molecule has 1 saturated heterocycles. The molecule has 160 valence electrons. The summed E-state index contributed by atoms with van der Waals surface area (Å²) in [7, 11) is -3.76. The van der Waals surface area contributed by atoms with Crippen molar-refractivity contribution in [3.8, 4) is 0 Å². The second-order valence-electron chi connectivity index (χ2n) is 7.23. The van der Waals surface area contributed by atoms with E-state index in [0.29, 0.717) is 11.4 Å². The summed E-state index contributed by atoms with van der Waals surface area (Å²) >= 11 is 1.18. The zero-order valence-corrected chi connectivity index (χ0v) is 18.5. The molecule has 3 aromatic rings. The minimum Gasteiger partial charge on any atom is -0.373 e. The van der Waals surface area contributed by atoms with E-state index in [0.717, 1.165) is 11.1 Å². The van der Waals surface area contributed by atoms with Gasteiger partial charge in [0, 0.05) is 17.3 Å². The van der Waals surface area contributed by atoms with Crippen LogP contribution >= 0.6 is 11.3 Å². The van der Waals surface area contributed by atoms with Gasteiger partial charge in [0.25, 0.3) is 15.9 Å². The Morgan fingerprint density at radius 1 is 1.10 bits per heavy atom. The quantitative estimate of drug-likeness (QED) is 0.551. The van der Waals surface area contributed by atoms with E-state index in [-0.39, 0.29) is 28.3 Å². The van der Waals surface area contributed by atoms with Crippen molar-refractivity contribution in [1.29, 1.82) is 0 Å². The van der Waals surface area contributed by atoms with Crippen LogP contribution in [0.15, 0.2) is 58.9 Å². The highest BCUT2D eigenvalue weighted by molar-refractivity contribution is 7.93. The van der Waals surface area contributed by atoms with Crippen LogP contribution in [-0.2, 0) is 19.6 Å². The molecule has 31 heavy (non-hydrogen) atoms. The number of nitrogens with one attached hydrogen (secondary N) is 2. The van der Waals surface area contributed by atoms with Crippen molar-refractivity contribution in [1.82, 2.24) is 4.98 Å². The molecule has 8 nitrogen and oxygen atoms in total. The third kappa shape index (κ3) is 4.30. The average molecular weight is 457 g/mol. The molecule has 1 aliphatic heterocycles. The number of aryl methyl sites for hydroxylation is 2. The number of benzene rings is 2. The lowest BCUT2D eigenvalue weighted by Gasteiger charge is -2.18. The van der Waals surface area contributed by atoms with Crippen molar-refractivity contribution >= 4 is 49.7 Å². The average Bonchev–Trinajstić information content (AvgIpc) is 3.31. The van der Waals surface area contributed by atoms with Gasteiger partial charge in [-0.2, -0.15) is 0 Å². The molecule has 2 N–H and O–H groups in total. The first-order valence-corrected chi connectivity index (χ1v) is 11.8. The highest BCUT2D eigenvalue weighted by Gasteiger charge is 2.40. The van der Waals surface area contributed by atoms with Gasteiger partial charge in [0.2, 0.25) is 5.91 Å². The fraction of sp³-hybridized carbons (Fsp3) is 0.190. The fourth-order valence-corrected chi connectivity index (χ4v) is 5.22. The Kier molecular flexibility index (Phi) is 5.50. The van der Waals surface area contributed by atoms with Crippen LogP contribution in [0.2, 0.25) is 0 Å². The molecule has 2 amide bonds. The van der Waals surface area contributed by atoms with Gasteiger partial charge in [-0.25, -0.2) is 18.3 Å². The number of hydrogen-bond donors (Lipinski definition) is 2. The minimum atomic E-state index is -3.76. The standard InChI is InChI=1S/C21H20N4O4S2/c1-13-3-8-18(14(2)11-13)25-19(26)12-17(20(25)27)23-15-4-6-16(7-5-15)31(28,29)24-21-22-9-10-30-21/h3-11,17,23H,12H2,1-2H3,(H,22,24). The minimum absolute atomic E-state index is 0.0256. The maximum Gasteiger partial charge on any atom is 0.263 e. The normalized spacial score (nSPS) is 16.6. The number of imide groups is 1. The zero-order chi connectivity index (χ0) is 22.2. The molecule has 1 atom stereocenters. The molecule has 1 aromatic heterocycles. The number of sulfonamides is 1. The summed E-state index contributed by atoms with van der Waals surface area (Å²) in [6.07, 6.45) is 1.54. The Labute approximate surface area is 184 Å². The SMILES string of the molecule is Cc1ccc(N2C(=O)CC(Nc3ccc(S(=O)(=O)Nc4nccs4)cc3)C2=O)c(C)c1. The Balaban J connectivity index is 1.48. The van der Waals surface area contributed by atoms with Crippen molar-refractivity contribution in [3.63, 3.8) is 0 Å². The molecule has 1 unspecified atom stereocenters. The van der Waals surface area contributed by atoms with Gasteiger partial charge in [0.1, 0.15) is 6.04 Å². The number of carbonyl (C=O) groups excluding carboxylic acids is 2. The van der Waals surface area contributed by atoms with Crippen molar-refractivity contribution < 1.29 is 18.0 Å². The third-order valence-electron chi connectivity index (χ3n) is 4.90. The predicted octanol–water partition coefficient (Wildman–Crippen LogP) is 3.30. The number of hydrogen-bond acceptors (Lipinski definition) is 7. The molecule has 2 heterocycles. The maximum atomic E-state index is 12.9. The molecule has 4 rings (SSSR count). The lowest BCUT2D eigenvalue weighted by atomic mass is 10.1. The summed E-state index contributed by atoms with van der Waals surface area (Å²) in [4.78, 5) is 30.6. The smallest absolute Gasteiger partial charge is 0.263 e. The number of anilines is 3. The van der Waals surface area contributed by atoms with Gasteiger partial charge in [0.05, 0.1) is 17.0 Å². The van der Waals surface area contributed by atoms with Gasteiger partial charge in [0.15, 0.2) is 5.13 Å². The Bertz CT molecular complexity index is 1240. The fourth-order valence-electron chi connectivity index (χ4n) is 3.43. The molecule has 0 spiro atoms. The van der Waals surface area contributed by atoms with Gasteiger partial charge in [-0.05, 0) is 49.7 Å². The molecule has 0 radical (unpaired) electrons. The lowest BCUT2D eigenvalue weighted by molar-refractivity contribution is -0.121. The van der Waals surface area contributed by atoms with Gasteiger partial charge in [-0.1, -0.05) is 17.7 Å². The van der Waals surface area contributed by atoms with Crippen LogP contribution in [0.4, 0.5) is 16.5 Å². The first-order chi connectivity index (χ1) is 14.7. The molecular formula is C21H20N4O4S2. The van der Waals surface area contributed by atoms with Crippen LogP contribution in [0.25, 0.3) is 0 Å². The maximum absolute atomic E-state index is 12.9. The topological polar surface area (TPSA) is 108 Å². The van der Waals surface area contributed by atoms with Crippen LogP contribution in [0.5, 0.6) is 0 Å². The predicted molar refractivity (Wildman–Crippen MR) is 120 cm³/mol. The van der Waals surface area contributed by atoms with E-state index < -0.39 is 16.1 Å². The monoisotopic (exact) mass is 456 g/mol. The van der Waals surface area contributed by atoms with E-state index in [1.807, 2.05) is 26.0 Å². The van der Waals surface area contributed by atoms with E-state index in [4.69, 9.17) is 0 Å². The molecule has 2 aromatic carbocycles. The number of thiazole rings is 1. The number of rotatable bonds is 6. The van der Waals surface area contributed by atoms with Crippen molar-refractivity contribution in [2.45, 2.75) is 31.2 Å². The molecule has 10 heteroatoms. The summed E-state index contributed by atoms with van der Waals surface area (Å²) in [5.74, 6) is -0.611.